The summed E-state index contributed by atoms with van der Waals surface area (Å²) in [5.74, 6) is 0. The van der Waals surface area contributed by atoms with Crippen LogP contribution in [-0.2, 0) is 9.57 Å². The van der Waals surface area contributed by atoms with Gasteiger partial charge in [-0.05, 0) is 25.7 Å². The van der Waals surface area contributed by atoms with Crippen molar-refractivity contribution in [2.24, 2.45) is 0 Å². The van der Waals surface area contributed by atoms with Crippen molar-refractivity contribution in [1.29, 1.82) is 0 Å². The number of rotatable bonds is 3. The number of nitrogens with one attached hydrogen (secondary N) is 1. The fourth-order valence-corrected chi connectivity index (χ4v) is 1.55. The first-order valence-electron chi connectivity index (χ1n) is 4.22. The number of hydroxylamine groups is 1. The maximum Gasteiger partial charge on any atom is 0.0792 e. The molecule has 0 bridgehead atoms. The van der Waals surface area contributed by atoms with E-state index in [9.17, 15) is 0 Å². The SMILES string of the molecule is CNOC1CCC(OC)CC1. The third-order valence-corrected chi connectivity index (χ3v) is 2.24. The van der Waals surface area contributed by atoms with Crippen molar-refractivity contribution in [3.63, 3.8) is 0 Å². The second-order valence-corrected chi connectivity index (χ2v) is 2.96. The minimum atomic E-state index is 0.395. The summed E-state index contributed by atoms with van der Waals surface area (Å²) in [7, 11) is 3.59. The summed E-state index contributed by atoms with van der Waals surface area (Å²) in [6, 6.07) is 0. The lowest BCUT2D eigenvalue weighted by molar-refractivity contribution is -0.0555. The van der Waals surface area contributed by atoms with Gasteiger partial charge in [-0.3, -0.25) is 4.84 Å². The summed E-state index contributed by atoms with van der Waals surface area (Å²) in [5, 5.41) is 0. The smallest absolute Gasteiger partial charge is 0.0792 e. The fourth-order valence-electron chi connectivity index (χ4n) is 1.55. The standard InChI is InChI=1S/C8H17NO2/c1-9-11-8-5-3-7(10-2)4-6-8/h7-9H,3-6H2,1-2H3. The number of hydrogen-bond acceptors (Lipinski definition) is 3. The van der Waals surface area contributed by atoms with Crippen LogP contribution in [0.3, 0.4) is 0 Å². The first-order chi connectivity index (χ1) is 5.36. The molecule has 3 heteroatoms. The van der Waals surface area contributed by atoms with Crippen LogP contribution in [0.25, 0.3) is 0 Å². The zero-order valence-electron chi connectivity index (χ0n) is 7.30. The highest BCUT2D eigenvalue weighted by molar-refractivity contribution is 4.71. The molecule has 0 saturated heterocycles. The van der Waals surface area contributed by atoms with Crippen molar-refractivity contribution >= 4 is 0 Å². The van der Waals surface area contributed by atoms with Crippen LogP contribution >= 0.6 is 0 Å². The Hall–Kier alpha value is -0.120. The Morgan fingerprint density at radius 1 is 1.09 bits per heavy atom. The van der Waals surface area contributed by atoms with Gasteiger partial charge in [0.25, 0.3) is 0 Å². The highest BCUT2D eigenvalue weighted by atomic mass is 16.7. The van der Waals surface area contributed by atoms with Gasteiger partial charge in [0.2, 0.25) is 0 Å². The Kier molecular flexibility index (Phi) is 3.83. The number of methoxy groups -OCH3 is 1. The largest absolute Gasteiger partial charge is 0.381 e. The Morgan fingerprint density at radius 3 is 2.09 bits per heavy atom. The molecule has 0 radical (unpaired) electrons. The lowest BCUT2D eigenvalue weighted by Crippen LogP contribution is -2.28. The van der Waals surface area contributed by atoms with Crippen molar-refractivity contribution in [2.45, 2.75) is 37.9 Å². The van der Waals surface area contributed by atoms with E-state index in [4.69, 9.17) is 9.57 Å². The van der Waals surface area contributed by atoms with E-state index >= 15 is 0 Å². The lowest BCUT2D eigenvalue weighted by atomic mass is 9.95. The molecule has 11 heavy (non-hydrogen) atoms. The van der Waals surface area contributed by atoms with Crippen LogP contribution in [0, 0.1) is 0 Å². The molecule has 0 amide bonds. The molecular formula is C8H17NO2. The molecule has 1 N–H and O–H groups in total. The van der Waals surface area contributed by atoms with E-state index in [0.717, 1.165) is 25.7 Å². The van der Waals surface area contributed by atoms with E-state index in [1.54, 1.807) is 7.11 Å². The zero-order chi connectivity index (χ0) is 8.10. The predicted octanol–water partition coefficient (Wildman–Crippen LogP) is 1.09. The summed E-state index contributed by atoms with van der Waals surface area (Å²) in [4.78, 5) is 5.27. The molecule has 3 nitrogen and oxygen atoms in total. The van der Waals surface area contributed by atoms with Crippen LogP contribution < -0.4 is 5.48 Å². The summed E-state index contributed by atoms with van der Waals surface area (Å²) in [6.45, 7) is 0. The van der Waals surface area contributed by atoms with Crippen LogP contribution in [0.5, 0.6) is 0 Å². The van der Waals surface area contributed by atoms with Crippen LogP contribution in [0.15, 0.2) is 0 Å². The molecule has 1 fully saturated rings. The topological polar surface area (TPSA) is 30.5 Å². The Labute approximate surface area is 68.0 Å². The fraction of sp³-hybridized carbons (Fsp3) is 1.00. The van der Waals surface area contributed by atoms with Crippen molar-refractivity contribution in [2.75, 3.05) is 14.2 Å². The minimum absolute atomic E-state index is 0.395. The second-order valence-electron chi connectivity index (χ2n) is 2.96. The molecule has 0 heterocycles. The molecule has 0 unspecified atom stereocenters. The van der Waals surface area contributed by atoms with E-state index in [-0.39, 0.29) is 0 Å². The summed E-state index contributed by atoms with van der Waals surface area (Å²) >= 11 is 0. The van der Waals surface area contributed by atoms with Gasteiger partial charge in [0.15, 0.2) is 0 Å². The molecule has 1 saturated carbocycles. The summed E-state index contributed by atoms with van der Waals surface area (Å²) in [6.07, 6.45) is 5.34. The van der Waals surface area contributed by atoms with Crippen molar-refractivity contribution in [3.05, 3.63) is 0 Å². The molecule has 0 atom stereocenters. The molecule has 0 aliphatic heterocycles. The van der Waals surface area contributed by atoms with Crippen LogP contribution in [0.4, 0.5) is 0 Å². The maximum atomic E-state index is 5.27. The van der Waals surface area contributed by atoms with E-state index in [2.05, 4.69) is 5.48 Å². The normalized spacial score (nSPS) is 32.2. The van der Waals surface area contributed by atoms with Crippen molar-refractivity contribution < 1.29 is 9.57 Å². The number of ether oxygens (including phenoxy) is 1. The molecule has 1 rings (SSSR count). The molecule has 0 aromatic heterocycles. The highest BCUT2D eigenvalue weighted by Crippen LogP contribution is 2.21. The van der Waals surface area contributed by atoms with Gasteiger partial charge in [-0.1, -0.05) is 0 Å². The van der Waals surface area contributed by atoms with Gasteiger partial charge in [0, 0.05) is 14.2 Å². The van der Waals surface area contributed by atoms with Crippen LogP contribution in [0.2, 0.25) is 0 Å². The molecule has 1 aliphatic carbocycles. The van der Waals surface area contributed by atoms with E-state index in [1.165, 1.54) is 0 Å². The average Bonchev–Trinajstić information content (AvgIpc) is 2.07. The van der Waals surface area contributed by atoms with Crippen LogP contribution in [-0.4, -0.2) is 26.4 Å². The molecule has 0 aromatic carbocycles. The first kappa shape index (κ1) is 8.97. The Bertz CT molecular complexity index is 100. The second kappa shape index (κ2) is 4.70. The van der Waals surface area contributed by atoms with Gasteiger partial charge in [0.1, 0.15) is 0 Å². The van der Waals surface area contributed by atoms with Gasteiger partial charge < -0.3 is 4.74 Å². The van der Waals surface area contributed by atoms with Gasteiger partial charge in [0.05, 0.1) is 12.2 Å². The molecule has 0 spiro atoms. The predicted molar refractivity (Wildman–Crippen MR) is 43.2 cm³/mol. The van der Waals surface area contributed by atoms with E-state index < -0.39 is 0 Å². The molecule has 1 aliphatic rings. The van der Waals surface area contributed by atoms with Gasteiger partial charge in [-0.15, -0.1) is 0 Å². The first-order valence-corrected chi connectivity index (χ1v) is 4.22. The minimum Gasteiger partial charge on any atom is -0.381 e. The van der Waals surface area contributed by atoms with Crippen LogP contribution in [0.1, 0.15) is 25.7 Å². The van der Waals surface area contributed by atoms with Gasteiger partial charge in [-0.2, -0.15) is 0 Å². The molecule has 66 valence electrons. The average molecular weight is 159 g/mol. The third-order valence-electron chi connectivity index (χ3n) is 2.24. The van der Waals surface area contributed by atoms with Crippen molar-refractivity contribution in [3.8, 4) is 0 Å². The highest BCUT2D eigenvalue weighted by Gasteiger charge is 2.20. The Morgan fingerprint density at radius 2 is 1.64 bits per heavy atom. The van der Waals surface area contributed by atoms with Gasteiger partial charge in [-0.25, -0.2) is 5.48 Å². The monoisotopic (exact) mass is 159 g/mol. The quantitative estimate of drug-likeness (QED) is 0.625. The molecule has 0 aromatic rings. The number of hydrogen-bond donors (Lipinski definition) is 1. The third kappa shape index (κ3) is 2.77. The van der Waals surface area contributed by atoms with Crippen molar-refractivity contribution in [1.82, 2.24) is 5.48 Å². The zero-order valence-corrected chi connectivity index (χ0v) is 7.30. The maximum absolute atomic E-state index is 5.27. The van der Waals surface area contributed by atoms with Gasteiger partial charge >= 0.3 is 0 Å². The molecular weight excluding hydrogens is 142 g/mol. The lowest BCUT2D eigenvalue weighted by Gasteiger charge is -2.26. The summed E-state index contributed by atoms with van der Waals surface area (Å²) in [5.41, 5.74) is 2.73. The van der Waals surface area contributed by atoms with E-state index in [1.807, 2.05) is 7.05 Å². The Balaban J connectivity index is 2.14. The summed E-state index contributed by atoms with van der Waals surface area (Å²) < 4.78 is 5.24. The van der Waals surface area contributed by atoms with E-state index in [0.29, 0.717) is 12.2 Å².